The van der Waals surface area contributed by atoms with Crippen molar-refractivity contribution >= 4 is 12.0 Å². The molecule has 0 saturated heterocycles. The molecular formula is C26H32O2. The first-order chi connectivity index (χ1) is 13.7. The summed E-state index contributed by atoms with van der Waals surface area (Å²) in [5, 5.41) is 0. The average Bonchev–Trinajstić information content (AvgIpc) is 2.74. The van der Waals surface area contributed by atoms with E-state index in [0.717, 1.165) is 11.5 Å². The Morgan fingerprint density at radius 1 is 0.964 bits per heavy atom. The van der Waals surface area contributed by atoms with E-state index in [1.807, 2.05) is 24.3 Å². The minimum Gasteiger partial charge on any atom is -0.423 e. The van der Waals surface area contributed by atoms with Crippen molar-refractivity contribution in [1.29, 1.82) is 0 Å². The number of ether oxygens (including phenoxy) is 1. The van der Waals surface area contributed by atoms with Crippen LogP contribution in [0.25, 0.3) is 6.08 Å². The minimum absolute atomic E-state index is 0.350. The lowest BCUT2D eigenvalue weighted by molar-refractivity contribution is -0.128. The van der Waals surface area contributed by atoms with Gasteiger partial charge in [0, 0.05) is 6.08 Å². The molecule has 0 N–H and O–H groups in total. The fraction of sp³-hybridized carbons (Fsp3) is 0.423. The van der Waals surface area contributed by atoms with Gasteiger partial charge in [0.05, 0.1) is 0 Å². The maximum absolute atomic E-state index is 11.9. The summed E-state index contributed by atoms with van der Waals surface area (Å²) in [4.78, 5) is 11.9. The average molecular weight is 377 g/mol. The number of benzene rings is 2. The van der Waals surface area contributed by atoms with Gasteiger partial charge in [-0.3, -0.25) is 0 Å². The van der Waals surface area contributed by atoms with Crippen LogP contribution in [-0.4, -0.2) is 5.97 Å². The highest BCUT2D eigenvalue weighted by Crippen LogP contribution is 2.37. The molecule has 1 fully saturated rings. The molecule has 28 heavy (non-hydrogen) atoms. The molecule has 0 bridgehead atoms. The fourth-order valence-corrected chi connectivity index (χ4v) is 4.15. The summed E-state index contributed by atoms with van der Waals surface area (Å²) in [7, 11) is 0. The van der Waals surface area contributed by atoms with E-state index in [4.69, 9.17) is 4.74 Å². The van der Waals surface area contributed by atoms with Crippen molar-refractivity contribution in [2.45, 2.75) is 64.2 Å². The van der Waals surface area contributed by atoms with E-state index in [1.54, 1.807) is 12.1 Å². The number of rotatable bonds is 8. The zero-order valence-electron chi connectivity index (χ0n) is 17.0. The molecule has 0 heterocycles. The van der Waals surface area contributed by atoms with E-state index in [-0.39, 0.29) is 5.97 Å². The largest absolute Gasteiger partial charge is 0.423 e. The van der Waals surface area contributed by atoms with Crippen LogP contribution in [-0.2, 0) is 4.79 Å². The Balaban J connectivity index is 1.46. The number of hydrogen-bond acceptors (Lipinski definition) is 2. The third kappa shape index (κ3) is 6.37. The molecule has 0 amide bonds. The number of unbranched alkanes of at least 4 members (excludes halogenated alkanes) is 2. The molecule has 2 nitrogen and oxygen atoms in total. The molecule has 1 saturated carbocycles. The number of carbonyl (C=O) groups excluding carboxylic acids is 1. The first-order valence-electron chi connectivity index (χ1n) is 10.8. The van der Waals surface area contributed by atoms with Gasteiger partial charge in [0.15, 0.2) is 0 Å². The number of esters is 1. The molecule has 0 aromatic heterocycles. The van der Waals surface area contributed by atoms with Gasteiger partial charge in [-0.2, -0.15) is 0 Å². The fourth-order valence-electron chi connectivity index (χ4n) is 4.15. The molecule has 0 aliphatic heterocycles. The van der Waals surface area contributed by atoms with E-state index >= 15 is 0 Å². The van der Waals surface area contributed by atoms with Crippen LogP contribution in [0.1, 0.15) is 75.3 Å². The van der Waals surface area contributed by atoms with Crippen molar-refractivity contribution in [3.63, 3.8) is 0 Å². The molecule has 3 rings (SSSR count). The van der Waals surface area contributed by atoms with Gasteiger partial charge in [-0.1, -0.05) is 75.1 Å². The highest BCUT2D eigenvalue weighted by Gasteiger charge is 2.21. The molecule has 2 heteroatoms. The molecular weight excluding hydrogens is 344 g/mol. The zero-order valence-corrected chi connectivity index (χ0v) is 17.0. The summed E-state index contributed by atoms with van der Waals surface area (Å²) in [5.41, 5.74) is 2.47. The lowest BCUT2D eigenvalue weighted by Crippen LogP contribution is -2.13. The molecule has 148 valence electrons. The maximum atomic E-state index is 11.9. The third-order valence-corrected chi connectivity index (χ3v) is 5.84. The van der Waals surface area contributed by atoms with Gasteiger partial charge in [-0.15, -0.1) is 0 Å². The Hall–Kier alpha value is -2.35. The van der Waals surface area contributed by atoms with Gasteiger partial charge in [0.1, 0.15) is 5.75 Å². The minimum atomic E-state index is -0.350. The zero-order chi connectivity index (χ0) is 19.6. The summed E-state index contributed by atoms with van der Waals surface area (Å²) < 4.78 is 5.27. The second kappa shape index (κ2) is 10.8. The predicted octanol–water partition coefficient (Wildman–Crippen LogP) is 7.16. The smallest absolute Gasteiger partial charge is 0.336 e. The second-order valence-corrected chi connectivity index (χ2v) is 7.95. The highest BCUT2D eigenvalue weighted by molar-refractivity contribution is 5.88. The van der Waals surface area contributed by atoms with Crippen LogP contribution in [0.15, 0.2) is 60.7 Å². The summed E-state index contributed by atoms with van der Waals surface area (Å²) in [6, 6.07) is 17.8. The van der Waals surface area contributed by atoms with Crippen LogP contribution >= 0.6 is 0 Å². The quantitative estimate of drug-likeness (QED) is 0.211. The lowest BCUT2D eigenvalue weighted by Gasteiger charge is -2.29. The van der Waals surface area contributed by atoms with E-state index in [2.05, 4.69) is 31.2 Å². The molecule has 1 aliphatic carbocycles. The normalized spacial score (nSPS) is 19.6. The predicted molar refractivity (Wildman–Crippen MR) is 116 cm³/mol. The van der Waals surface area contributed by atoms with Gasteiger partial charge in [0.2, 0.25) is 0 Å². The van der Waals surface area contributed by atoms with Crippen molar-refractivity contribution in [1.82, 2.24) is 0 Å². The van der Waals surface area contributed by atoms with Crippen molar-refractivity contribution < 1.29 is 9.53 Å². The Kier molecular flexibility index (Phi) is 7.90. The van der Waals surface area contributed by atoms with Crippen molar-refractivity contribution in [3.05, 3.63) is 71.8 Å². The first-order valence-corrected chi connectivity index (χ1v) is 10.8. The van der Waals surface area contributed by atoms with Gasteiger partial charge in [-0.25, -0.2) is 4.79 Å². The second-order valence-electron chi connectivity index (χ2n) is 7.95. The van der Waals surface area contributed by atoms with Crippen LogP contribution in [0.2, 0.25) is 0 Å². The highest BCUT2D eigenvalue weighted by atomic mass is 16.5. The monoisotopic (exact) mass is 376 g/mol. The van der Waals surface area contributed by atoms with Crippen molar-refractivity contribution in [2.75, 3.05) is 0 Å². The van der Waals surface area contributed by atoms with Gasteiger partial charge >= 0.3 is 5.97 Å². The maximum Gasteiger partial charge on any atom is 0.336 e. The standard InChI is InChI=1S/C26H32O2/c1-2-3-5-8-21-11-16-23(17-12-21)24-18-13-22(14-19-24)15-20-26(27)28-25-9-6-4-7-10-25/h4,6-7,9-10,13-15,18-21,23H,2-3,5,8,11-12,16-17H2,1H3. The summed E-state index contributed by atoms with van der Waals surface area (Å²) in [6.45, 7) is 2.28. The molecule has 2 aromatic carbocycles. The molecule has 0 unspecified atom stereocenters. The van der Waals surface area contributed by atoms with Gasteiger partial charge < -0.3 is 4.74 Å². The topological polar surface area (TPSA) is 26.3 Å². The van der Waals surface area contributed by atoms with Crippen LogP contribution < -0.4 is 4.74 Å². The molecule has 2 aromatic rings. The Morgan fingerprint density at radius 2 is 1.68 bits per heavy atom. The summed E-state index contributed by atoms with van der Waals surface area (Å²) in [5.74, 6) is 1.86. The van der Waals surface area contributed by atoms with Crippen molar-refractivity contribution in [3.8, 4) is 5.75 Å². The number of para-hydroxylation sites is 1. The number of carbonyl (C=O) groups is 1. The molecule has 1 aliphatic rings. The van der Waals surface area contributed by atoms with E-state index < -0.39 is 0 Å². The SMILES string of the molecule is CCCCCC1CCC(c2ccc(C=CC(=O)Oc3ccccc3)cc2)CC1. The first kappa shape index (κ1) is 20.4. The van der Waals surface area contributed by atoms with Crippen LogP contribution in [0.4, 0.5) is 0 Å². The number of hydrogen-bond donors (Lipinski definition) is 0. The van der Waals surface area contributed by atoms with E-state index in [0.29, 0.717) is 11.7 Å². The summed E-state index contributed by atoms with van der Waals surface area (Å²) >= 11 is 0. The molecule has 0 spiro atoms. The lowest BCUT2D eigenvalue weighted by atomic mass is 9.77. The molecule has 0 radical (unpaired) electrons. The van der Waals surface area contributed by atoms with Crippen LogP contribution in [0.3, 0.4) is 0 Å². The Morgan fingerprint density at radius 3 is 2.36 bits per heavy atom. The third-order valence-electron chi connectivity index (χ3n) is 5.84. The Labute approximate surface area is 169 Å². The van der Waals surface area contributed by atoms with Crippen molar-refractivity contribution in [2.24, 2.45) is 5.92 Å². The van der Waals surface area contributed by atoms with E-state index in [9.17, 15) is 4.79 Å². The van der Waals surface area contributed by atoms with Gasteiger partial charge in [0.25, 0.3) is 0 Å². The van der Waals surface area contributed by atoms with Gasteiger partial charge in [-0.05, 0) is 66.9 Å². The summed E-state index contributed by atoms with van der Waals surface area (Å²) in [6.07, 6.45) is 14.2. The van der Waals surface area contributed by atoms with Crippen LogP contribution in [0.5, 0.6) is 5.75 Å². The van der Waals surface area contributed by atoms with E-state index in [1.165, 1.54) is 63.0 Å². The Bertz CT molecular complexity index is 738. The van der Waals surface area contributed by atoms with Crippen LogP contribution in [0, 0.1) is 5.92 Å². The molecule has 0 atom stereocenters.